The maximum absolute atomic E-state index is 14.3. The lowest BCUT2D eigenvalue weighted by Gasteiger charge is -2.33. The van der Waals surface area contributed by atoms with E-state index in [1.54, 1.807) is 25.1 Å². The summed E-state index contributed by atoms with van der Waals surface area (Å²) < 4.78 is 25.9. The maximum Gasteiger partial charge on any atom is 0.324 e. The fourth-order valence-electron chi connectivity index (χ4n) is 4.12. The molecule has 0 bridgehead atoms. The number of nitrogens with zero attached hydrogens (tertiary/aromatic N) is 6. The highest BCUT2D eigenvalue weighted by molar-refractivity contribution is 7.19. The predicted octanol–water partition coefficient (Wildman–Crippen LogP) is 5.39. The van der Waals surface area contributed by atoms with E-state index in [1.807, 2.05) is 6.07 Å². The third kappa shape index (κ3) is 4.59. The number of aromatic nitrogens is 5. The first-order valence-corrected chi connectivity index (χ1v) is 12.4. The first-order chi connectivity index (χ1) is 16.4. The van der Waals surface area contributed by atoms with E-state index >= 15 is 0 Å². The average Bonchev–Trinajstić information content (AvgIpc) is 3.46. The number of ether oxygens (including phenoxy) is 1. The minimum Gasteiger partial charge on any atom is -0.467 e. The van der Waals surface area contributed by atoms with Crippen molar-refractivity contribution < 1.29 is 13.7 Å². The highest BCUT2D eigenvalue weighted by atomic mass is 32.1. The van der Waals surface area contributed by atoms with Crippen molar-refractivity contribution in [2.24, 2.45) is 5.92 Å². The summed E-state index contributed by atoms with van der Waals surface area (Å²) in [6, 6.07) is 7.70. The van der Waals surface area contributed by atoms with Crippen LogP contribution in [0.4, 0.5) is 10.4 Å². The predicted molar refractivity (Wildman–Crippen MR) is 129 cm³/mol. The Morgan fingerprint density at radius 1 is 1.06 bits per heavy atom. The Hall–Kier alpha value is -3.14. The standard InChI is InChI=1S/C24H27FN6O2S/c1-13(2)21-29-23(33-30-21)31-11-9-16(10-12-31)15(4)32-24-28-19-8-7-18(27-22(19)34-24)17-6-5-14(3)26-20(17)25/h5-8,13,15-16H,9-12H2,1-4H3. The van der Waals surface area contributed by atoms with Gasteiger partial charge < -0.3 is 14.2 Å². The molecule has 1 aliphatic heterocycles. The summed E-state index contributed by atoms with van der Waals surface area (Å²) in [5.41, 5.74) is 2.29. The molecule has 0 amide bonds. The Morgan fingerprint density at radius 3 is 2.56 bits per heavy atom. The normalized spacial score (nSPS) is 15.9. The monoisotopic (exact) mass is 482 g/mol. The van der Waals surface area contributed by atoms with Crippen molar-refractivity contribution >= 4 is 27.7 Å². The number of anilines is 1. The second kappa shape index (κ2) is 9.25. The van der Waals surface area contributed by atoms with E-state index in [0.717, 1.165) is 37.3 Å². The Bertz CT molecular complexity index is 1300. The Labute approximate surface area is 201 Å². The number of hydrogen-bond donors (Lipinski definition) is 0. The molecule has 0 saturated carbocycles. The lowest BCUT2D eigenvalue weighted by atomic mass is 9.92. The van der Waals surface area contributed by atoms with Crippen LogP contribution in [0.15, 0.2) is 28.8 Å². The van der Waals surface area contributed by atoms with E-state index in [4.69, 9.17) is 9.26 Å². The van der Waals surface area contributed by atoms with Crippen LogP contribution < -0.4 is 9.64 Å². The number of halogens is 1. The smallest absolute Gasteiger partial charge is 0.324 e. The van der Waals surface area contributed by atoms with Gasteiger partial charge in [0.25, 0.3) is 5.19 Å². The molecular formula is C24H27FN6O2S. The first-order valence-electron chi connectivity index (χ1n) is 11.5. The molecular weight excluding hydrogens is 455 g/mol. The zero-order valence-corrected chi connectivity index (χ0v) is 20.5. The van der Waals surface area contributed by atoms with Gasteiger partial charge in [-0.3, -0.25) is 0 Å². The van der Waals surface area contributed by atoms with Crippen molar-refractivity contribution in [1.82, 2.24) is 25.1 Å². The molecule has 4 aromatic rings. The minimum absolute atomic E-state index is 0.00911. The van der Waals surface area contributed by atoms with Gasteiger partial charge in [-0.25, -0.2) is 15.0 Å². The van der Waals surface area contributed by atoms with E-state index in [-0.39, 0.29) is 12.0 Å². The number of aryl methyl sites for hydroxylation is 1. The lowest BCUT2D eigenvalue weighted by Crippen LogP contribution is -2.38. The molecule has 4 aromatic heterocycles. The molecule has 8 nitrogen and oxygen atoms in total. The molecule has 1 atom stereocenters. The van der Waals surface area contributed by atoms with Gasteiger partial charge in [0, 0.05) is 24.7 Å². The van der Waals surface area contributed by atoms with Gasteiger partial charge >= 0.3 is 6.01 Å². The van der Waals surface area contributed by atoms with Crippen LogP contribution in [-0.4, -0.2) is 44.3 Å². The number of fused-ring (bicyclic) bond motifs is 1. The fraction of sp³-hybridized carbons (Fsp3) is 0.458. The van der Waals surface area contributed by atoms with Gasteiger partial charge in [-0.15, -0.1) is 0 Å². The Kier molecular flexibility index (Phi) is 6.16. The van der Waals surface area contributed by atoms with E-state index < -0.39 is 5.95 Å². The van der Waals surface area contributed by atoms with E-state index in [9.17, 15) is 4.39 Å². The van der Waals surface area contributed by atoms with Crippen molar-refractivity contribution in [3.05, 3.63) is 41.7 Å². The summed E-state index contributed by atoms with van der Waals surface area (Å²) in [5.74, 6) is 0.860. The largest absolute Gasteiger partial charge is 0.467 e. The molecule has 34 heavy (non-hydrogen) atoms. The summed E-state index contributed by atoms with van der Waals surface area (Å²) in [6.45, 7) is 9.64. The van der Waals surface area contributed by atoms with E-state index in [0.29, 0.717) is 38.9 Å². The van der Waals surface area contributed by atoms with Crippen LogP contribution in [0.1, 0.15) is 51.0 Å². The molecule has 1 aliphatic rings. The number of rotatable bonds is 6. The summed E-state index contributed by atoms with van der Waals surface area (Å²) in [4.78, 5) is 20.4. The van der Waals surface area contributed by atoms with Gasteiger partial charge in [0.1, 0.15) is 16.5 Å². The fourth-order valence-corrected chi connectivity index (χ4v) is 4.99. The van der Waals surface area contributed by atoms with Crippen LogP contribution >= 0.6 is 11.3 Å². The number of thiazole rings is 1. The number of piperidine rings is 1. The third-order valence-electron chi connectivity index (χ3n) is 6.21. The first kappa shape index (κ1) is 22.6. The zero-order valence-electron chi connectivity index (χ0n) is 19.7. The van der Waals surface area contributed by atoms with Gasteiger partial charge in [0.2, 0.25) is 5.95 Å². The van der Waals surface area contributed by atoms with Crippen LogP contribution in [0, 0.1) is 18.8 Å². The van der Waals surface area contributed by atoms with Crippen molar-refractivity contribution in [3.8, 4) is 16.5 Å². The molecule has 5 rings (SSSR count). The van der Waals surface area contributed by atoms with Gasteiger partial charge in [-0.05, 0) is 56.9 Å². The molecule has 178 valence electrons. The van der Waals surface area contributed by atoms with Gasteiger partial charge in [0.15, 0.2) is 5.82 Å². The molecule has 0 aromatic carbocycles. The molecule has 0 aliphatic carbocycles. The SMILES string of the molecule is Cc1ccc(-c2ccc3nc(OC(C)C4CCN(c5nc(C(C)C)no5)CC4)sc3n2)c(F)n1. The maximum atomic E-state index is 14.3. The summed E-state index contributed by atoms with van der Waals surface area (Å²) in [5, 5.41) is 4.65. The quantitative estimate of drug-likeness (QED) is 0.338. The molecule has 10 heteroatoms. The summed E-state index contributed by atoms with van der Waals surface area (Å²) in [6.07, 6.45) is 1.94. The Balaban J connectivity index is 1.23. The van der Waals surface area contributed by atoms with Crippen molar-refractivity contribution in [2.45, 2.75) is 52.6 Å². The lowest BCUT2D eigenvalue weighted by molar-refractivity contribution is 0.131. The number of hydrogen-bond acceptors (Lipinski definition) is 9. The second-order valence-electron chi connectivity index (χ2n) is 9.03. The molecule has 1 unspecified atom stereocenters. The topological polar surface area (TPSA) is 90.1 Å². The zero-order chi connectivity index (χ0) is 23.8. The van der Waals surface area contributed by atoms with Crippen LogP contribution in [0.5, 0.6) is 5.19 Å². The van der Waals surface area contributed by atoms with Crippen molar-refractivity contribution in [2.75, 3.05) is 18.0 Å². The average molecular weight is 483 g/mol. The molecule has 1 saturated heterocycles. The van der Waals surface area contributed by atoms with Crippen molar-refractivity contribution in [3.63, 3.8) is 0 Å². The second-order valence-corrected chi connectivity index (χ2v) is 9.97. The van der Waals surface area contributed by atoms with Crippen LogP contribution in [0.25, 0.3) is 21.6 Å². The highest BCUT2D eigenvalue weighted by Crippen LogP contribution is 2.32. The molecule has 5 heterocycles. The summed E-state index contributed by atoms with van der Waals surface area (Å²) in [7, 11) is 0. The highest BCUT2D eigenvalue weighted by Gasteiger charge is 2.28. The molecule has 0 spiro atoms. The summed E-state index contributed by atoms with van der Waals surface area (Å²) >= 11 is 1.38. The molecule has 1 fully saturated rings. The van der Waals surface area contributed by atoms with E-state index in [1.165, 1.54) is 11.3 Å². The van der Waals surface area contributed by atoms with Crippen LogP contribution in [0.3, 0.4) is 0 Å². The van der Waals surface area contributed by atoms with Crippen LogP contribution in [0.2, 0.25) is 0 Å². The van der Waals surface area contributed by atoms with Gasteiger partial charge in [-0.1, -0.05) is 30.3 Å². The molecule has 0 N–H and O–H groups in total. The van der Waals surface area contributed by atoms with Crippen molar-refractivity contribution in [1.29, 1.82) is 0 Å². The minimum atomic E-state index is -0.520. The number of pyridine rings is 2. The van der Waals surface area contributed by atoms with E-state index in [2.05, 4.69) is 50.8 Å². The Morgan fingerprint density at radius 2 is 1.85 bits per heavy atom. The third-order valence-corrected chi connectivity index (χ3v) is 7.06. The van der Waals surface area contributed by atoms with Crippen LogP contribution in [-0.2, 0) is 0 Å². The molecule has 0 radical (unpaired) electrons. The van der Waals surface area contributed by atoms with Gasteiger partial charge in [0.05, 0.1) is 11.3 Å². The van der Waals surface area contributed by atoms with Gasteiger partial charge in [-0.2, -0.15) is 9.37 Å².